The maximum absolute atomic E-state index is 11.3. The second-order valence-corrected chi connectivity index (χ2v) is 4.41. The Balaban J connectivity index is 2.18. The van der Waals surface area contributed by atoms with Crippen molar-refractivity contribution >= 4 is 17.7 Å². The highest BCUT2D eigenvalue weighted by atomic mass is 32.2. The van der Waals surface area contributed by atoms with Crippen LogP contribution in [-0.2, 0) is 4.79 Å². The predicted molar refractivity (Wildman–Crippen MR) is 50.2 cm³/mol. The molecule has 1 aliphatic rings. The fraction of sp³-hybridized carbons (Fsp3) is 0.875. The lowest BCUT2D eigenvalue weighted by Gasteiger charge is -2.10. The number of carbonyl (C=O) groups is 1. The Hall–Kier alpha value is -0.220. The van der Waals surface area contributed by atoms with E-state index < -0.39 is 6.10 Å². The molecule has 3 nitrogen and oxygen atoms in total. The van der Waals surface area contributed by atoms with E-state index in [-0.39, 0.29) is 11.2 Å². The summed E-state index contributed by atoms with van der Waals surface area (Å²) in [5.74, 6) is 1.17. The zero-order valence-electron chi connectivity index (χ0n) is 7.25. The van der Waals surface area contributed by atoms with E-state index in [4.69, 9.17) is 5.11 Å². The van der Waals surface area contributed by atoms with E-state index in [9.17, 15) is 4.79 Å². The molecule has 70 valence electrons. The van der Waals surface area contributed by atoms with Crippen molar-refractivity contribution in [3.8, 4) is 0 Å². The first kappa shape index (κ1) is 9.86. The number of aliphatic hydroxyl groups excluding tert-OH is 1. The van der Waals surface area contributed by atoms with Gasteiger partial charge in [-0.05, 0) is 25.5 Å². The first-order valence-corrected chi connectivity index (χ1v) is 5.32. The van der Waals surface area contributed by atoms with Gasteiger partial charge in [0.2, 0.25) is 5.91 Å². The quantitative estimate of drug-likeness (QED) is 0.675. The molecule has 0 aromatic rings. The molecule has 2 atom stereocenters. The van der Waals surface area contributed by atoms with E-state index in [1.54, 1.807) is 18.7 Å². The van der Waals surface area contributed by atoms with Crippen molar-refractivity contribution in [1.82, 2.24) is 5.32 Å². The van der Waals surface area contributed by atoms with E-state index in [1.165, 1.54) is 0 Å². The molecular formula is C8H15NO2S. The summed E-state index contributed by atoms with van der Waals surface area (Å²) < 4.78 is 0. The van der Waals surface area contributed by atoms with E-state index in [0.717, 1.165) is 18.6 Å². The van der Waals surface area contributed by atoms with Crippen molar-refractivity contribution in [3.63, 3.8) is 0 Å². The summed E-state index contributed by atoms with van der Waals surface area (Å²) in [6, 6.07) is 0. The summed E-state index contributed by atoms with van der Waals surface area (Å²) in [6.07, 6.45) is 1.67. The highest BCUT2D eigenvalue weighted by molar-refractivity contribution is 8.00. The van der Waals surface area contributed by atoms with Crippen LogP contribution in [0, 0.1) is 0 Å². The molecule has 0 aromatic carbocycles. The maximum Gasteiger partial charge on any atom is 0.233 e. The Kier molecular flexibility index (Phi) is 3.88. The first-order chi connectivity index (χ1) is 5.70. The van der Waals surface area contributed by atoms with Crippen molar-refractivity contribution in [3.05, 3.63) is 0 Å². The van der Waals surface area contributed by atoms with Gasteiger partial charge in [0.05, 0.1) is 11.4 Å². The summed E-state index contributed by atoms with van der Waals surface area (Å²) in [4.78, 5) is 11.3. The first-order valence-electron chi connectivity index (χ1n) is 4.27. The number of hydrogen-bond donors (Lipinski definition) is 2. The third-order valence-corrected chi connectivity index (χ3v) is 3.17. The normalized spacial score (nSPS) is 25.3. The summed E-state index contributed by atoms with van der Waals surface area (Å²) in [5.41, 5.74) is 0. The summed E-state index contributed by atoms with van der Waals surface area (Å²) in [6.45, 7) is 2.04. The number of thioether (sulfide) groups is 1. The molecule has 0 aliphatic carbocycles. The molecule has 1 aliphatic heterocycles. The summed E-state index contributed by atoms with van der Waals surface area (Å²) >= 11 is 1.71. The van der Waals surface area contributed by atoms with Crippen LogP contribution in [0.4, 0.5) is 0 Å². The molecule has 4 heteroatoms. The smallest absolute Gasteiger partial charge is 0.233 e. The van der Waals surface area contributed by atoms with Crippen LogP contribution in [0.3, 0.4) is 0 Å². The average Bonchev–Trinajstić information content (AvgIpc) is 2.51. The third kappa shape index (κ3) is 3.03. The van der Waals surface area contributed by atoms with E-state index in [1.807, 2.05) is 0 Å². The van der Waals surface area contributed by atoms with Gasteiger partial charge in [-0.1, -0.05) is 0 Å². The van der Waals surface area contributed by atoms with Crippen LogP contribution in [0.15, 0.2) is 0 Å². The molecule has 1 fully saturated rings. The zero-order valence-corrected chi connectivity index (χ0v) is 8.06. The van der Waals surface area contributed by atoms with Gasteiger partial charge in [-0.3, -0.25) is 4.79 Å². The Labute approximate surface area is 76.9 Å². The van der Waals surface area contributed by atoms with Crippen molar-refractivity contribution in [1.29, 1.82) is 0 Å². The minimum Gasteiger partial charge on any atom is -0.392 e. The highest BCUT2D eigenvalue weighted by Gasteiger charge is 2.22. The Morgan fingerprint density at radius 3 is 3.08 bits per heavy atom. The van der Waals surface area contributed by atoms with Crippen LogP contribution in [0.25, 0.3) is 0 Å². The lowest BCUT2D eigenvalue weighted by atomic mass is 10.2. The van der Waals surface area contributed by atoms with Crippen LogP contribution in [0.2, 0.25) is 0 Å². The predicted octanol–water partition coefficient (Wildman–Crippen LogP) is 0.379. The molecule has 1 unspecified atom stereocenters. The second kappa shape index (κ2) is 4.72. The minimum atomic E-state index is -0.444. The zero-order chi connectivity index (χ0) is 8.97. The fourth-order valence-corrected chi connectivity index (χ4v) is 2.33. The number of rotatable bonds is 3. The standard InChI is InChI=1S/C8H15NO2S/c1-6(10)5-9-8(11)7-3-2-4-12-7/h6-7,10H,2-5H2,1H3,(H,9,11)/t6-,7?/m0/s1. The van der Waals surface area contributed by atoms with Gasteiger partial charge < -0.3 is 10.4 Å². The largest absolute Gasteiger partial charge is 0.392 e. The molecule has 1 amide bonds. The molecule has 0 radical (unpaired) electrons. The lowest BCUT2D eigenvalue weighted by molar-refractivity contribution is -0.121. The molecular weight excluding hydrogens is 174 g/mol. The monoisotopic (exact) mass is 189 g/mol. The molecule has 1 heterocycles. The minimum absolute atomic E-state index is 0.0819. The average molecular weight is 189 g/mol. The van der Waals surface area contributed by atoms with Gasteiger partial charge in [-0.25, -0.2) is 0 Å². The molecule has 1 rings (SSSR count). The molecule has 2 N–H and O–H groups in total. The Morgan fingerprint density at radius 1 is 1.83 bits per heavy atom. The van der Waals surface area contributed by atoms with E-state index in [0.29, 0.717) is 6.54 Å². The number of nitrogens with one attached hydrogen (secondary N) is 1. The van der Waals surface area contributed by atoms with Crippen LogP contribution in [-0.4, -0.2) is 34.7 Å². The second-order valence-electron chi connectivity index (χ2n) is 3.10. The van der Waals surface area contributed by atoms with E-state index in [2.05, 4.69) is 5.32 Å². The van der Waals surface area contributed by atoms with Crippen LogP contribution in [0.1, 0.15) is 19.8 Å². The molecule has 0 saturated carbocycles. The van der Waals surface area contributed by atoms with Crippen LogP contribution < -0.4 is 5.32 Å². The fourth-order valence-electron chi connectivity index (χ4n) is 1.15. The number of carbonyl (C=O) groups excluding carboxylic acids is 1. The highest BCUT2D eigenvalue weighted by Crippen LogP contribution is 2.25. The number of aliphatic hydroxyl groups is 1. The van der Waals surface area contributed by atoms with Crippen LogP contribution in [0.5, 0.6) is 0 Å². The number of hydrogen-bond acceptors (Lipinski definition) is 3. The van der Waals surface area contributed by atoms with Crippen molar-refractivity contribution in [2.45, 2.75) is 31.1 Å². The molecule has 1 saturated heterocycles. The van der Waals surface area contributed by atoms with Gasteiger partial charge in [0.1, 0.15) is 0 Å². The SMILES string of the molecule is C[C@H](O)CNC(=O)C1CCCS1. The topological polar surface area (TPSA) is 49.3 Å². The third-order valence-electron chi connectivity index (χ3n) is 1.79. The van der Waals surface area contributed by atoms with Gasteiger partial charge in [0.15, 0.2) is 0 Å². The van der Waals surface area contributed by atoms with E-state index >= 15 is 0 Å². The lowest BCUT2D eigenvalue weighted by Crippen LogP contribution is -2.35. The molecule has 0 spiro atoms. The summed E-state index contributed by atoms with van der Waals surface area (Å²) in [5, 5.41) is 11.8. The molecule has 0 bridgehead atoms. The van der Waals surface area contributed by atoms with Gasteiger partial charge >= 0.3 is 0 Å². The van der Waals surface area contributed by atoms with Gasteiger partial charge in [-0.2, -0.15) is 0 Å². The van der Waals surface area contributed by atoms with Crippen LogP contribution >= 0.6 is 11.8 Å². The molecule has 12 heavy (non-hydrogen) atoms. The van der Waals surface area contributed by atoms with Crippen molar-refractivity contribution in [2.24, 2.45) is 0 Å². The maximum atomic E-state index is 11.3. The van der Waals surface area contributed by atoms with Gasteiger partial charge in [-0.15, -0.1) is 11.8 Å². The Bertz CT molecular complexity index is 155. The van der Waals surface area contributed by atoms with Gasteiger partial charge in [0, 0.05) is 6.54 Å². The Morgan fingerprint density at radius 2 is 2.58 bits per heavy atom. The summed E-state index contributed by atoms with van der Waals surface area (Å²) in [7, 11) is 0. The van der Waals surface area contributed by atoms with Gasteiger partial charge in [0.25, 0.3) is 0 Å². The molecule has 0 aromatic heterocycles. The van der Waals surface area contributed by atoms with Crippen molar-refractivity contribution in [2.75, 3.05) is 12.3 Å². The number of amides is 1. The van der Waals surface area contributed by atoms with Crippen molar-refractivity contribution < 1.29 is 9.90 Å².